The molecule has 0 saturated heterocycles. The molecular formula is C12H21NO. The summed E-state index contributed by atoms with van der Waals surface area (Å²) in [5.41, 5.74) is 0. The first-order chi connectivity index (χ1) is 6.88. The number of aliphatic hydroxyl groups is 1. The molecule has 2 aliphatic rings. The molecule has 2 atom stereocenters. The first kappa shape index (κ1) is 10.2. The third-order valence-corrected chi connectivity index (χ3v) is 3.55. The minimum atomic E-state index is 0.304. The molecule has 0 amide bonds. The Labute approximate surface area is 86.4 Å². The van der Waals surface area contributed by atoms with Crippen molar-refractivity contribution in [1.29, 1.82) is 0 Å². The van der Waals surface area contributed by atoms with Crippen molar-refractivity contribution in [1.82, 2.24) is 5.32 Å². The lowest BCUT2D eigenvalue weighted by atomic mass is 10.1. The van der Waals surface area contributed by atoms with Crippen molar-refractivity contribution in [2.45, 2.75) is 38.1 Å². The van der Waals surface area contributed by atoms with Crippen LogP contribution in [0, 0.1) is 11.8 Å². The molecule has 1 saturated carbocycles. The molecule has 0 aromatic heterocycles. The van der Waals surface area contributed by atoms with Gasteiger partial charge in [0.15, 0.2) is 0 Å². The molecule has 0 unspecified atom stereocenters. The van der Waals surface area contributed by atoms with Crippen LogP contribution in [0.3, 0.4) is 0 Å². The molecule has 0 aliphatic heterocycles. The van der Waals surface area contributed by atoms with Crippen molar-refractivity contribution in [2.75, 3.05) is 13.2 Å². The molecule has 2 nitrogen and oxygen atoms in total. The molecule has 2 rings (SSSR count). The summed E-state index contributed by atoms with van der Waals surface area (Å²) in [6.45, 7) is 1.48. The summed E-state index contributed by atoms with van der Waals surface area (Å²) in [7, 11) is 0. The quantitative estimate of drug-likeness (QED) is 0.669. The van der Waals surface area contributed by atoms with Gasteiger partial charge in [0.25, 0.3) is 0 Å². The van der Waals surface area contributed by atoms with E-state index in [1.807, 2.05) is 0 Å². The van der Waals surface area contributed by atoms with E-state index in [9.17, 15) is 0 Å². The molecule has 0 radical (unpaired) electrons. The molecule has 80 valence electrons. The highest BCUT2D eigenvalue weighted by Crippen LogP contribution is 2.24. The van der Waals surface area contributed by atoms with Gasteiger partial charge in [0.1, 0.15) is 0 Å². The summed E-state index contributed by atoms with van der Waals surface area (Å²) in [4.78, 5) is 0. The first-order valence-electron chi connectivity index (χ1n) is 5.91. The minimum Gasteiger partial charge on any atom is -0.396 e. The fourth-order valence-electron chi connectivity index (χ4n) is 2.59. The zero-order valence-corrected chi connectivity index (χ0v) is 8.78. The van der Waals surface area contributed by atoms with Crippen LogP contribution >= 0.6 is 0 Å². The van der Waals surface area contributed by atoms with E-state index in [1.54, 1.807) is 0 Å². The van der Waals surface area contributed by atoms with Gasteiger partial charge in [0.2, 0.25) is 0 Å². The van der Waals surface area contributed by atoms with Crippen LogP contribution in [-0.2, 0) is 0 Å². The zero-order valence-electron chi connectivity index (χ0n) is 8.78. The molecule has 0 aromatic carbocycles. The summed E-state index contributed by atoms with van der Waals surface area (Å²) >= 11 is 0. The monoisotopic (exact) mass is 195 g/mol. The molecule has 14 heavy (non-hydrogen) atoms. The Morgan fingerprint density at radius 2 is 2.00 bits per heavy atom. The van der Waals surface area contributed by atoms with Crippen molar-refractivity contribution in [3.8, 4) is 0 Å². The fraction of sp³-hybridized carbons (Fsp3) is 0.833. The largest absolute Gasteiger partial charge is 0.396 e. The van der Waals surface area contributed by atoms with Gasteiger partial charge in [-0.1, -0.05) is 25.0 Å². The summed E-state index contributed by atoms with van der Waals surface area (Å²) in [5.74, 6) is 1.31. The van der Waals surface area contributed by atoms with Crippen LogP contribution in [0.4, 0.5) is 0 Å². The lowest BCUT2D eigenvalue weighted by Gasteiger charge is -2.15. The van der Waals surface area contributed by atoms with Gasteiger partial charge in [0, 0.05) is 18.6 Å². The zero-order chi connectivity index (χ0) is 9.80. The maximum Gasteiger partial charge on any atom is 0.0494 e. The van der Waals surface area contributed by atoms with Gasteiger partial charge < -0.3 is 10.4 Å². The molecule has 0 spiro atoms. The van der Waals surface area contributed by atoms with Crippen molar-refractivity contribution in [2.24, 2.45) is 11.8 Å². The average Bonchev–Trinajstić information content (AvgIpc) is 2.86. The normalized spacial score (nSPS) is 32.9. The molecule has 2 N–H and O–H groups in total. The van der Waals surface area contributed by atoms with Crippen molar-refractivity contribution >= 4 is 0 Å². The SMILES string of the molecule is OC[C@H]1C=C[C@@H](NCC2CCCC2)C1. The third-order valence-electron chi connectivity index (χ3n) is 3.55. The Kier molecular flexibility index (Phi) is 3.60. The highest BCUT2D eigenvalue weighted by molar-refractivity contribution is 5.05. The van der Waals surface area contributed by atoms with E-state index in [1.165, 1.54) is 32.2 Å². The number of nitrogens with one attached hydrogen (secondary N) is 1. The Balaban J connectivity index is 1.64. The van der Waals surface area contributed by atoms with Crippen LogP contribution in [0.25, 0.3) is 0 Å². The molecular weight excluding hydrogens is 174 g/mol. The second-order valence-electron chi connectivity index (χ2n) is 4.73. The van der Waals surface area contributed by atoms with E-state index in [2.05, 4.69) is 17.5 Å². The first-order valence-corrected chi connectivity index (χ1v) is 5.91. The van der Waals surface area contributed by atoms with E-state index < -0.39 is 0 Å². The van der Waals surface area contributed by atoms with E-state index >= 15 is 0 Å². The predicted octanol–water partition coefficient (Wildman–Crippen LogP) is 1.70. The molecule has 1 fully saturated rings. The Hall–Kier alpha value is -0.340. The highest BCUT2D eigenvalue weighted by atomic mass is 16.3. The van der Waals surface area contributed by atoms with E-state index in [-0.39, 0.29) is 0 Å². The second kappa shape index (κ2) is 4.94. The maximum absolute atomic E-state index is 8.98. The van der Waals surface area contributed by atoms with Gasteiger partial charge in [-0.05, 0) is 31.7 Å². The van der Waals surface area contributed by atoms with Gasteiger partial charge >= 0.3 is 0 Å². The van der Waals surface area contributed by atoms with Gasteiger partial charge in [-0.3, -0.25) is 0 Å². The maximum atomic E-state index is 8.98. The van der Waals surface area contributed by atoms with Crippen LogP contribution in [0.15, 0.2) is 12.2 Å². The summed E-state index contributed by atoms with van der Waals surface area (Å²) in [5, 5.41) is 12.6. The van der Waals surface area contributed by atoms with Crippen LogP contribution in [0.1, 0.15) is 32.1 Å². The van der Waals surface area contributed by atoms with Crippen molar-refractivity contribution < 1.29 is 5.11 Å². The summed E-state index contributed by atoms with van der Waals surface area (Å²) in [6, 6.07) is 0.521. The van der Waals surface area contributed by atoms with Gasteiger partial charge in [-0.25, -0.2) is 0 Å². The lowest BCUT2D eigenvalue weighted by Crippen LogP contribution is -2.30. The Morgan fingerprint density at radius 1 is 1.21 bits per heavy atom. The molecule has 2 heteroatoms. The second-order valence-corrected chi connectivity index (χ2v) is 4.73. The summed E-state index contributed by atoms with van der Waals surface area (Å²) in [6.07, 6.45) is 11.1. The van der Waals surface area contributed by atoms with Gasteiger partial charge in [-0.2, -0.15) is 0 Å². The predicted molar refractivity (Wildman–Crippen MR) is 58.1 cm³/mol. The van der Waals surface area contributed by atoms with Crippen LogP contribution < -0.4 is 5.32 Å². The van der Waals surface area contributed by atoms with Gasteiger partial charge in [-0.15, -0.1) is 0 Å². The fourth-order valence-corrected chi connectivity index (χ4v) is 2.59. The minimum absolute atomic E-state index is 0.304. The van der Waals surface area contributed by atoms with E-state index in [4.69, 9.17) is 5.11 Å². The van der Waals surface area contributed by atoms with Crippen LogP contribution in [0.2, 0.25) is 0 Å². The summed E-state index contributed by atoms with van der Waals surface area (Å²) < 4.78 is 0. The average molecular weight is 195 g/mol. The Bertz CT molecular complexity index is 196. The van der Waals surface area contributed by atoms with Crippen molar-refractivity contribution in [3.63, 3.8) is 0 Å². The topological polar surface area (TPSA) is 32.3 Å². The van der Waals surface area contributed by atoms with Crippen LogP contribution in [0.5, 0.6) is 0 Å². The smallest absolute Gasteiger partial charge is 0.0494 e. The number of rotatable bonds is 4. The molecule has 2 aliphatic carbocycles. The van der Waals surface area contributed by atoms with Gasteiger partial charge in [0.05, 0.1) is 0 Å². The standard InChI is InChI=1S/C12H21NO/c14-9-11-5-6-12(7-11)13-8-10-3-1-2-4-10/h5-6,10-14H,1-4,7-9H2/t11-,12+/m0/s1. The lowest BCUT2D eigenvalue weighted by molar-refractivity contribution is 0.245. The van der Waals surface area contributed by atoms with Crippen LogP contribution in [-0.4, -0.2) is 24.3 Å². The third kappa shape index (κ3) is 2.58. The number of aliphatic hydroxyl groups excluding tert-OH is 1. The van der Waals surface area contributed by atoms with E-state index in [0.717, 1.165) is 12.3 Å². The molecule has 0 bridgehead atoms. The number of hydrogen-bond donors (Lipinski definition) is 2. The van der Waals surface area contributed by atoms with Crippen molar-refractivity contribution in [3.05, 3.63) is 12.2 Å². The molecule has 0 aromatic rings. The highest BCUT2D eigenvalue weighted by Gasteiger charge is 2.20. The molecule has 0 heterocycles. The Morgan fingerprint density at radius 3 is 2.64 bits per heavy atom. The number of hydrogen-bond acceptors (Lipinski definition) is 2. The van der Waals surface area contributed by atoms with E-state index in [0.29, 0.717) is 18.6 Å².